The standard InChI is InChI=1S/C10H6ClN3O/c11-7-3-8(9-4-12-6-15-9)10-13-1-2-14(10)5-7/h1-6H. The molecular formula is C10H6ClN3O. The molecule has 0 aromatic carbocycles. The molecule has 0 aliphatic rings. The zero-order valence-corrected chi connectivity index (χ0v) is 8.35. The van der Waals surface area contributed by atoms with Crippen molar-refractivity contribution in [3.05, 3.63) is 42.3 Å². The summed E-state index contributed by atoms with van der Waals surface area (Å²) in [5, 5.41) is 0.631. The van der Waals surface area contributed by atoms with Crippen LogP contribution in [0, 0.1) is 0 Å². The van der Waals surface area contributed by atoms with Crippen molar-refractivity contribution >= 4 is 17.2 Å². The molecule has 3 heterocycles. The number of hydrogen-bond acceptors (Lipinski definition) is 3. The van der Waals surface area contributed by atoms with Gasteiger partial charge in [0.15, 0.2) is 12.2 Å². The molecule has 74 valence electrons. The van der Waals surface area contributed by atoms with Crippen molar-refractivity contribution in [1.29, 1.82) is 0 Å². The summed E-state index contributed by atoms with van der Waals surface area (Å²) < 4.78 is 7.08. The quantitative estimate of drug-likeness (QED) is 0.632. The molecule has 0 spiro atoms. The summed E-state index contributed by atoms with van der Waals surface area (Å²) in [6.45, 7) is 0. The highest BCUT2D eigenvalue weighted by atomic mass is 35.5. The molecule has 0 atom stereocenters. The van der Waals surface area contributed by atoms with E-state index >= 15 is 0 Å². The van der Waals surface area contributed by atoms with E-state index in [0.29, 0.717) is 10.8 Å². The van der Waals surface area contributed by atoms with E-state index in [0.717, 1.165) is 11.2 Å². The van der Waals surface area contributed by atoms with Crippen LogP contribution in [0.5, 0.6) is 0 Å². The molecule has 5 heteroatoms. The van der Waals surface area contributed by atoms with Crippen molar-refractivity contribution < 1.29 is 4.42 Å². The van der Waals surface area contributed by atoms with Gasteiger partial charge in [-0.3, -0.25) is 0 Å². The van der Waals surface area contributed by atoms with Gasteiger partial charge in [0, 0.05) is 18.6 Å². The molecule has 0 amide bonds. The van der Waals surface area contributed by atoms with Gasteiger partial charge in [-0.15, -0.1) is 0 Å². The van der Waals surface area contributed by atoms with Crippen LogP contribution in [0.1, 0.15) is 0 Å². The molecule has 0 saturated carbocycles. The van der Waals surface area contributed by atoms with Gasteiger partial charge in [0.25, 0.3) is 0 Å². The minimum absolute atomic E-state index is 0.631. The van der Waals surface area contributed by atoms with Crippen LogP contribution in [0.2, 0.25) is 5.02 Å². The number of hydrogen-bond donors (Lipinski definition) is 0. The van der Waals surface area contributed by atoms with Crippen LogP contribution in [0.4, 0.5) is 0 Å². The largest absolute Gasteiger partial charge is 0.443 e. The summed E-state index contributed by atoms with van der Waals surface area (Å²) >= 11 is 5.99. The fourth-order valence-electron chi connectivity index (χ4n) is 1.53. The number of imidazole rings is 1. The molecule has 4 nitrogen and oxygen atoms in total. The lowest BCUT2D eigenvalue weighted by Crippen LogP contribution is -1.87. The Morgan fingerprint density at radius 2 is 2.33 bits per heavy atom. The smallest absolute Gasteiger partial charge is 0.181 e. The Kier molecular flexibility index (Phi) is 1.76. The zero-order valence-electron chi connectivity index (χ0n) is 7.59. The lowest BCUT2D eigenvalue weighted by molar-refractivity contribution is 0.572. The van der Waals surface area contributed by atoms with Gasteiger partial charge in [-0.2, -0.15) is 0 Å². The molecule has 15 heavy (non-hydrogen) atoms. The van der Waals surface area contributed by atoms with Gasteiger partial charge in [-0.05, 0) is 6.07 Å². The molecule has 0 radical (unpaired) electrons. The minimum atomic E-state index is 0.631. The summed E-state index contributed by atoms with van der Waals surface area (Å²) in [6, 6.07) is 1.81. The summed E-state index contributed by atoms with van der Waals surface area (Å²) in [5.41, 5.74) is 1.64. The van der Waals surface area contributed by atoms with Gasteiger partial charge in [0.05, 0.1) is 16.8 Å². The molecule has 0 N–H and O–H groups in total. The van der Waals surface area contributed by atoms with E-state index in [1.165, 1.54) is 6.39 Å². The van der Waals surface area contributed by atoms with E-state index < -0.39 is 0 Å². The Morgan fingerprint density at radius 3 is 3.13 bits per heavy atom. The second-order valence-electron chi connectivity index (χ2n) is 3.10. The zero-order chi connectivity index (χ0) is 10.3. The average Bonchev–Trinajstić information content (AvgIpc) is 2.86. The highest BCUT2D eigenvalue weighted by molar-refractivity contribution is 6.30. The van der Waals surface area contributed by atoms with Crippen LogP contribution in [-0.4, -0.2) is 14.4 Å². The minimum Gasteiger partial charge on any atom is -0.443 e. The van der Waals surface area contributed by atoms with E-state index in [4.69, 9.17) is 16.0 Å². The topological polar surface area (TPSA) is 43.3 Å². The van der Waals surface area contributed by atoms with Crippen LogP contribution in [-0.2, 0) is 0 Å². The van der Waals surface area contributed by atoms with Gasteiger partial charge in [0.2, 0.25) is 0 Å². The lowest BCUT2D eigenvalue weighted by Gasteiger charge is -2.00. The van der Waals surface area contributed by atoms with Crippen molar-refractivity contribution in [2.75, 3.05) is 0 Å². The predicted octanol–water partition coefficient (Wildman–Crippen LogP) is 2.64. The monoisotopic (exact) mass is 219 g/mol. The number of pyridine rings is 1. The summed E-state index contributed by atoms with van der Waals surface area (Å²) in [5.74, 6) is 0.661. The van der Waals surface area contributed by atoms with Crippen molar-refractivity contribution in [2.45, 2.75) is 0 Å². The van der Waals surface area contributed by atoms with Crippen molar-refractivity contribution in [3.63, 3.8) is 0 Å². The lowest BCUT2D eigenvalue weighted by atomic mass is 10.2. The highest BCUT2D eigenvalue weighted by Gasteiger charge is 2.09. The number of fused-ring (bicyclic) bond motifs is 1. The van der Waals surface area contributed by atoms with Crippen LogP contribution in [0.3, 0.4) is 0 Å². The van der Waals surface area contributed by atoms with Crippen LogP contribution >= 0.6 is 11.6 Å². The second-order valence-corrected chi connectivity index (χ2v) is 3.53. The van der Waals surface area contributed by atoms with Gasteiger partial charge >= 0.3 is 0 Å². The maximum absolute atomic E-state index is 5.99. The fourth-order valence-corrected chi connectivity index (χ4v) is 1.74. The first-order valence-corrected chi connectivity index (χ1v) is 4.73. The average molecular weight is 220 g/mol. The Hall–Kier alpha value is -1.81. The fraction of sp³-hybridized carbons (Fsp3) is 0. The molecule has 0 aliphatic carbocycles. The Bertz CT molecular complexity index is 600. The van der Waals surface area contributed by atoms with E-state index in [-0.39, 0.29) is 0 Å². The van der Waals surface area contributed by atoms with Crippen LogP contribution in [0.15, 0.2) is 41.7 Å². The molecule has 3 rings (SSSR count). The Labute approximate surface area is 90.1 Å². The summed E-state index contributed by atoms with van der Waals surface area (Å²) in [4.78, 5) is 8.10. The molecule has 0 unspecified atom stereocenters. The molecule has 0 aliphatic heterocycles. The van der Waals surface area contributed by atoms with Gasteiger partial charge in [-0.25, -0.2) is 9.97 Å². The number of aromatic nitrogens is 3. The van der Waals surface area contributed by atoms with Crippen LogP contribution < -0.4 is 0 Å². The first kappa shape index (κ1) is 8.49. The van der Waals surface area contributed by atoms with Crippen molar-refractivity contribution in [2.24, 2.45) is 0 Å². The van der Waals surface area contributed by atoms with Gasteiger partial charge < -0.3 is 8.82 Å². The molecule has 3 aromatic heterocycles. The number of rotatable bonds is 1. The third-order valence-electron chi connectivity index (χ3n) is 2.15. The third-order valence-corrected chi connectivity index (χ3v) is 2.36. The van der Waals surface area contributed by atoms with Crippen molar-refractivity contribution in [3.8, 4) is 11.3 Å². The highest BCUT2D eigenvalue weighted by Crippen LogP contribution is 2.26. The van der Waals surface area contributed by atoms with E-state index in [1.54, 1.807) is 18.6 Å². The van der Waals surface area contributed by atoms with E-state index in [9.17, 15) is 0 Å². The maximum Gasteiger partial charge on any atom is 0.181 e. The third kappa shape index (κ3) is 1.30. The van der Waals surface area contributed by atoms with E-state index in [2.05, 4.69) is 9.97 Å². The van der Waals surface area contributed by atoms with Gasteiger partial charge in [0.1, 0.15) is 5.65 Å². The molecule has 3 aromatic rings. The number of halogens is 1. The first-order valence-electron chi connectivity index (χ1n) is 4.36. The first-order chi connectivity index (χ1) is 7.34. The maximum atomic E-state index is 5.99. The normalized spacial score (nSPS) is 11.0. The van der Waals surface area contributed by atoms with Gasteiger partial charge in [-0.1, -0.05) is 11.6 Å². The Balaban J connectivity index is 2.38. The molecule has 0 fully saturated rings. The summed E-state index contributed by atoms with van der Waals surface area (Å²) in [6.07, 6.45) is 8.37. The molecule has 0 saturated heterocycles. The second kappa shape index (κ2) is 3.10. The molecular weight excluding hydrogens is 214 g/mol. The SMILES string of the molecule is Clc1cc(-c2cnco2)c2nccn2c1. The molecule has 0 bridgehead atoms. The number of nitrogens with zero attached hydrogens (tertiary/aromatic N) is 3. The summed E-state index contributed by atoms with van der Waals surface area (Å²) in [7, 11) is 0. The van der Waals surface area contributed by atoms with E-state index in [1.807, 2.05) is 16.7 Å². The van der Waals surface area contributed by atoms with Crippen LogP contribution in [0.25, 0.3) is 17.0 Å². The predicted molar refractivity (Wildman–Crippen MR) is 55.7 cm³/mol. The number of oxazole rings is 1. The van der Waals surface area contributed by atoms with Crippen molar-refractivity contribution in [1.82, 2.24) is 14.4 Å². The Morgan fingerprint density at radius 1 is 1.40 bits per heavy atom.